The van der Waals surface area contributed by atoms with Gasteiger partial charge in [0.15, 0.2) is 0 Å². The fourth-order valence-electron chi connectivity index (χ4n) is 1.68. The maximum atomic E-state index is 11.6. The molecule has 2 rings (SSSR count). The summed E-state index contributed by atoms with van der Waals surface area (Å²) in [4.78, 5) is 15.3. The number of ether oxygens (including phenoxy) is 1. The van der Waals surface area contributed by atoms with Crippen LogP contribution in [0.1, 0.15) is 30.4 Å². The van der Waals surface area contributed by atoms with Crippen molar-refractivity contribution in [1.82, 2.24) is 20.5 Å². The second kappa shape index (κ2) is 4.39. The fourth-order valence-corrected chi connectivity index (χ4v) is 1.68. The highest BCUT2D eigenvalue weighted by Gasteiger charge is 2.24. The highest BCUT2D eigenvalue weighted by atomic mass is 16.5. The Morgan fingerprint density at radius 2 is 2.67 bits per heavy atom. The molecule has 1 saturated heterocycles. The van der Waals surface area contributed by atoms with Gasteiger partial charge in [-0.1, -0.05) is 0 Å². The minimum atomic E-state index is -0.240. The molecule has 2 atom stereocenters. The van der Waals surface area contributed by atoms with Crippen LogP contribution in [0.2, 0.25) is 0 Å². The number of nitrogens with zero attached hydrogens (tertiary/aromatic N) is 2. The fraction of sp³-hybridized carbons (Fsp3) is 0.667. The lowest BCUT2D eigenvalue weighted by Crippen LogP contribution is -2.41. The largest absolute Gasteiger partial charge is 0.376 e. The molecule has 2 heterocycles. The van der Waals surface area contributed by atoms with E-state index in [-0.39, 0.29) is 23.9 Å². The van der Waals surface area contributed by atoms with Gasteiger partial charge in [-0.25, -0.2) is 4.98 Å². The Bertz CT molecular complexity index is 319. The van der Waals surface area contributed by atoms with E-state index in [1.165, 1.54) is 6.33 Å². The van der Waals surface area contributed by atoms with Crippen molar-refractivity contribution in [2.75, 3.05) is 6.61 Å². The average Bonchev–Trinajstić information content (AvgIpc) is 2.91. The Hall–Kier alpha value is -1.43. The number of hydrogen-bond acceptors (Lipinski definition) is 4. The highest BCUT2D eigenvalue weighted by Crippen LogP contribution is 2.15. The number of aromatic amines is 1. The van der Waals surface area contributed by atoms with E-state index in [9.17, 15) is 4.79 Å². The molecule has 1 aromatic heterocycles. The van der Waals surface area contributed by atoms with E-state index in [1.807, 2.05) is 6.92 Å². The number of nitrogens with one attached hydrogen (secondary N) is 2. The Morgan fingerprint density at radius 1 is 1.80 bits per heavy atom. The van der Waals surface area contributed by atoms with Gasteiger partial charge in [0.1, 0.15) is 6.33 Å². The van der Waals surface area contributed by atoms with Crippen molar-refractivity contribution in [3.05, 3.63) is 12.2 Å². The standard InChI is InChI=1S/C9H14N4O2/c1-6(7-3-2-4-15-7)12-9(14)8-10-5-11-13-8/h5-7H,2-4H2,1H3,(H,12,14)(H,10,11,13). The van der Waals surface area contributed by atoms with E-state index in [1.54, 1.807) is 0 Å². The third kappa shape index (κ3) is 2.33. The molecule has 15 heavy (non-hydrogen) atoms. The van der Waals surface area contributed by atoms with Gasteiger partial charge in [-0.05, 0) is 19.8 Å². The monoisotopic (exact) mass is 210 g/mol. The van der Waals surface area contributed by atoms with E-state index in [0.717, 1.165) is 19.4 Å². The summed E-state index contributed by atoms with van der Waals surface area (Å²) in [7, 11) is 0. The van der Waals surface area contributed by atoms with Crippen LogP contribution >= 0.6 is 0 Å². The summed E-state index contributed by atoms with van der Waals surface area (Å²) >= 11 is 0. The number of aromatic nitrogens is 3. The second-order valence-corrected chi connectivity index (χ2v) is 3.65. The Kier molecular flexibility index (Phi) is 2.96. The molecule has 6 nitrogen and oxygen atoms in total. The Morgan fingerprint density at radius 3 is 3.27 bits per heavy atom. The molecule has 82 valence electrons. The van der Waals surface area contributed by atoms with Crippen molar-refractivity contribution in [3.63, 3.8) is 0 Å². The number of hydrogen-bond donors (Lipinski definition) is 2. The molecule has 0 bridgehead atoms. The number of H-pyrrole nitrogens is 1. The summed E-state index contributed by atoms with van der Waals surface area (Å²) in [6.07, 6.45) is 3.49. The predicted octanol–water partition coefficient (Wildman–Crippen LogP) is 0.102. The van der Waals surface area contributed by atoms with Crippen LogP contribution in [0.5, 0.6) is 0 Å². The third-order valence-electron chi connectivity index (χ3n) is 2.51. The molecule has 2 unspecified atom stereocenters. The van der Waals surface area contributed by atoms with Crippen molar-refractivity contribution in [2.24, 2.45) is 0 Å². The topological polar surface area (TPSA) is 79.9 Å². The maximum absolute atomic E-state index is 11.6. The number of amides is 1. The van der Waals surface area contributed by atoms with Crippen molar-refractivity contribution >= 4 is 5.91 Å². The number of carbonyl (C=O) groups excluding carboxylic acids is 1. The lowest BCUT2D eigenvalue weighted by molar-refractivity contribution is 0.0706. The molecule has 0 aromatic carbocycles. The SMILES string of the molecule is CC(NC(=O)c1ncn[nH]1)C1CCCO1. The normalized spacial score (nSPS) is 22.6. The molecule has 2 N–H and O–H groups in total. The summed E-state index contributed by atoms with van der Waals surface area (Å²) in [5.74, 6) is -0.00431. The lowest BCUT2D eigenvalue weighted by atomic mass is 10.1. The summed E-state index contributed by atoms with van der Waals surface area (Å²) in [5.41, 5.74) is 0. The summed E-state index contributed by atoms with van der Waals surface area (Å²) in [6, 6.07) is 0.00472. The molecule has 0 aliphatic carbocycles. The van der Waals surface area contributed by atoms with Crippen LogP contribution < -0.4 is 5.32 Å². The van der Waals surface area contributed by atoms with Crippen LogP contribution in [0.25, 0.3) is 0 Å². The second-order valence-electron chi connectivity index (χ2n) is 3.65. The van der Waals surface area contributed by atoms with Crippen molar-refractivity contribution in [1.29, 1.82) is 0 Å². The van der Waals surface area contributed by atoms with E-state index < -0.39 is 0 Å². The van der Waals surface area contributed by atoms with Crippen LogP contribution in [0.3, 0.4) is 0 Å². The van der Waals surface area contributed by atoms with Gasteiger partial charge in [0.25, 0.3) is 5.91 Å². The smallest absolute Gasteiger partial charge is 0.288 e. The zero-order chi connectivity index (χ0) is 10.7. The van der Waals surface area contributed by atoms with Crippen molar-refractivity contribution in [3.8, 4) is 0 Å². The molecule has 0 spiro atoms. The molecule has 1 aliphatic heterocycles. The van der Waals surface area contributed by atoms with Crippen molar-refractivity contribution in [2.45, 2.75) is 31.9 Å². The quantitative estimate of drug-likeness (QED) is 0.741. The Balaban J connectivity index is 1.88. The minimum Gasteiger partial charge on any atom is -0.376 e. The Labute approximate surface area is 87.4 Å². The summed E-state index contributed by atoms with van der Waals surface area (Å²) in [6.45, 7) is 2.72. The minimum absolute atomic E-state index is 0.00472. The van der Waals surface area contributed by atoms with Gasteiger partial charge in [-0.3, -0.25) is 9.89 Å². The van der Waals surface area contributed by atoms with Crippen LogP contribution in [-0.2, 0) is 4.74 Å². The number of carbonyl (C=O) groups is 1. The predicted molar refractivity (Wildman–Crippen MR) is 52.3 cm³/mol. The van der Waals surface area contributed by atoms with E-state index in [2.05, 4.69) is 20.5 Å². The van der Waals surface area contributed by atoms with E-state index in [4.69, 9.17) is 4.74 Å². The van der Waals surface area contributed by atoms with Gasteiger partial charge in [0, 0.05) is 6.61 Å². The molecule has 0 saturated carbocycles. The summed E-state index contributed by atoms with van der Waals surface area (Å²) < 4.78 is 5.47. The first kappa shape index (κ1) is 10.1. The number of rotatable bonds is 3. The highest BCUT2D eigenvalue weighted by molar-refractivity contribution is 5.90. The molecule has 1 amide bonds. The molecule has 1 aromatic rings. The lowest BCUT2D eigenvalue weighted by Gasteiger charge is -2.19. The van der Waals surface area contributed by atoms with Crippen LogP contribution in [0.15, 0.2) is 6.33 Å². The molecular formula is C9H14N4O2. The van der Waals surface area contributed by atoms with Gasteiger partial charge in [-0.2, -0.15) is 5.10 Å². The van der Waals surface area contributed by atoms with Gasteiger partial charge in [-0.15, -0.1) is 0 Å². The zero-order valence-electron chi connectivity index (χ0n) is 8.56. The molecular weight excluding hydrogens is 196 g/mol. The molecule has 1 fully saturated rings. The van der Waals surface area contributed by atoms with Gasteiger partial charge < -0.3 is 10.1 Å². The molecule has 1 aliphatic rings. The van der Waals surface area contributed by atoms with E-state index >= 15 is 0 Å². The zero-order valence-corrected chi connectivity index (χ0v) is 8.56. The van der Waals surface area contributed by atoms with Gasteiger partial charge >= 0.3 is 0 Å². The average molecular weight is 210 g/mol. The first-order chi connectivity index (χ1) is 7.27. The summed E-state index contributed by atoms with van der Waals surface area (Å²) in [5, 5.41) is 8.97. The first-order valence-electron chi connectivity index (χ1n) is 5.05. The van der Waals surface area contributed by atoms with E-state index in [0.29, 0.717) is 0 Å². The van der Waals surface area contributed by atoms with Gasteiger partial charge in [0.05, 0.1) is 12.1 Å². The van der Waals surface area contributed by atoms with Gasteiger partial charge in [0.2, 0.25) is 5.82 Å². The molecule has 0 radical (unpaired) electrons. The van der Waals surface area contributed by atoms with Crippen LogP contribution in [-0.4, -0.2) is 39.8 Å². The first-order valence-corrected chi connectivity index (χ1v) is 5.05. The maximum Gasteiger partial charge on any atom is 0.288 e. The third-order valence-corrected chi connectivity index (χ3v) is 2.51. The molecule has 6 heteroatoms. The van der Waals surface area contributed by atoms with Crippen molar-refractivity contribution < 1.29 is 9.53 Å². The van der Waals surface area contributed by atoms with Crippen LogP contribution in [0.4, 0.5) is 0 Å². The van der Waals surface area contributed by atoms with Crippen LogP contribution in [0, 0.1) is 0 Å².